The lowest BCUT2D eigenvalue weighted by Gasteiger charge is -2.34. The van der Waals surface area contributed by atoms with E-state index < -0.39 is 0 Å². The second-order valence-corrected chi connectivity index (χ2v) is 6.91. The molecule has 4 nitrogen and oxygen atoms in total. The molecule has 4 heteroatoms. The molecule has 1 aromatic heterocycles. The third kappa shape index (κ3) is 5.03. The van der Waals surface area contributed by atoms with Gasteiger partial charge >= 0.3 is 0 Å². The van der Waals surface area contributed by atoms with Gasteiger partial charge in [-0.05, 0) is 49.6 Å². The number of benzene rings is 1. The molecule has 0 atom stereocenters. The van der Waals surface area contributed by atoms with Crippen LogP contribution in [0.25, 0.3) is 0 Å². The highest BCUT2D eigenvalue weighted by Crippen LogP contribution is 2.16. The number of nitrogens with zero attached hydrogens (tertiary/aromatic N) is 3. The van der Waals surface area contributed by atoms with Crippen LogP contribution in [0.5, 0.6) is 5.75 Å². The van der Waals surface area contributed by atoms with Crippen LogP contribution < -0.4 is 4.74 Å². The summed E-state index contributed by atoms with van der Waals surface area (Å²) in [5.41, 5.74) is 5.11. The molecule has 0 N–H and O–H groups in total. The summed E-state index contributed by atoms with van der Waals surface area (Å²) in [7, 11) is 0. The normalized spacial score (nSPS) is 16.1. The first-order valence-corrected chi connectivity index (χ1v) is 9.22. The predicted molar refractivity (Wildman–Crippen MR) is 102 cm³/mol. The Balaban J connectivity index is 1.48. The summed E-state index contributed by atoms with van der Waals surface area (Å²) in [6, 6.07) is 10.7. The van der Waals surface area contributed by atoms with Crippen LogP contribution in [-0.2, 0) is 13.1 Å². The Labute approximate surface area is 151 Å². The predicted octanol–water partition coefficient (Wildman–Crippen LogP) is 3.41. The second kappa shape index (κ2) is 8.45. The smallest absolute Gasteiger partial charge is 0.119 e. The molecule has 2 aromatic rings. The van der Waals surface area contributed by atoms with Crippen LogP contribution >= 0.6 is 0 Å². The van der Waals surface area contributed by atoms with E-state index in [9.17, 15) is 0 Å². The van der Waals surface area contributed by atoms with Crippen molar-refractivity contribution in [2.75, 3.05) is 32.8 Å². The quantitative estimate of drug-likeness (QED) is 0.806. The monoisotopic (exact) mass is 339 g/mol. The number of hydrogen-bond acceptors (Lipinski definition) is 4. The summed E-state index contributed by atoms with van der Waals surface area (Å²) >= 11 is 0. The zero-order valence-corrected chi connectivity index (χ0v) is 15.7. The van der Waals surface area contributed by atoms with Crippen LogP contribution in [0, 0.1) is 13.8 Å². The van der Waals surface area contributed by atoms with Gasteiger partial charge in [-0.25, -0.2) is 0 Å². The lowest BCUT2D eigenvalue weighted by atomic mass is 10.1. The average molecular weight is 339 g/mol. The Morgan fingerprint density at radius 2 is 1.60 bits per heavy atom. The Morgan fingerprint density at radius 1 is 0.960 bits per heavy atom. The molecule has 1 aliphatic heterocycles. The molecule has 0 aliphatic carbocycles. The van der Waals surface area contributed by atoms with Crippen LogP contribution in [0.3, 0.4) is 0 Å². The van der Waals surface area contributed by atoms with E-state index in [2.05, 4.69) is 59.0 Å². The van der Waals surface area contributed by atoms with Crippen molar-refractivity contribution in [2.45, 2.75) is 33.9 Å². The van der Waals surface area contributed by atoms with E-state index >= 15 is 0 Å². The van der Waals surface area contributed by atoms with Crippen LogP contribution in [0.2, 0.25) is 0 Å². The largest absolute Gasteiger partial charge is 0.494 e. The highest BCUT2D eigenvalue weighted by atomic mass is 16.5. The second-order valence-electron chi connectivity index (χ2n) is 6.91. The summed E-state index contributed by atoms with van der Waals surface area (Å²) in [6.07, 6.45) is 1.98. The first kappa shape index (κ1) is 17.9. The van der Waals surface area contributed by atoms with Gasteiger partial charge in [-0.1, -0.05) is 18.2 Å². The zero-order chi connectivity index (χ0) is 17.6. The average Bonchev–Trinajstić information content (AvgIpc) is 2.61. The van der Waals surface area contributed by atoms with Crippen molar-refractivity contribution in [1.82, 2.24) is 14.8 Å². The van der Waals surface area contributed by atoms with E-state index in [-0.39, 0.29) is 0 Å². The van der Waals surface area contributed by atoms with Gasteiger partial charge in [0.25, 0.3) is 0 Å². The molecule has 0 radical (unpaired) electrons. The minimum absolute atomic E-state index is 0.719. The molecular weight excluding hydrogens is 310 g/mol. The van der Waals surface area contributed by atoms with Gasteiger partial charge in [-0.15, -0.1) is 0 Å². The lowest BCUT2D eigenvalue weighted by molar-refractivity contribution is 0.121. The summed E-state index contributed by atoms with van der Waals surface area (Å²) in [5.74, 6) is 0.956. The standard InChI is InChI=1S/C21H29N3O/c1-4-25-20-7-5-19(6-8-20)15-23-9-11-24(12-10-23)16-21-18(3)13-17(2)14-22-21/h5-8,13-14H,4,9-12,15-16H2,1-3H3. The van der Waals surface area contributed by atoms with Gasteiger partial charge in [0.05, 0.1) is 12.3 Å². The molecule has 0 bridgehead atoms. The van der Waals surface area contributed by atoms with Crippen molar-refractivity contribution in [1.29, 1.82) is 0 Å². The molecule has 134 valence electrons. The number of aryl methyl sites for hydroxylation is 2. The van der Waals surface area contributed by atoms with Crippen molar-refractivity contribution in [3.8, 4) is 5.75 Å². The topological polar surface area (TPSA) is 28.6 Å². The van der Waals surface area contributed by atoms with Crippen LogP contribution in [0.15, 0.2) is 36.5 Å². The van der Waals surface area contributed by atoms with Gasteiger partial charge in [-0.3, -0.25) is 14.8 Å². The highest BCUT2D eigenvalue weighted by Gasteiger charge is 2.18. The van der Waals surface area contributed by atoms with Crippen LogP contribution in [-0.4, -0.2) is 47.6 Å². The maximum Gasteiger partial charge on any atom is 0.119 e. The summed E-state index contributed by atoms with van der Waals surface area (Å²) < 4.78 is 5.51. The van der Waals surface area contributed by atoms with Gasteiger partial charge in [0, 0.05) is 45.5 Å². The fourth-order valence-corrected chi connectivity index (χ4v) is 3.34. The van der Waals surface area contributed by atoms with Crippen molar-refractivity contribution >= 4 is 0 Å². The van der Waals surface area contributed by atoms with E-state index in [1.54, 1.807) is 0 Å². The molecule has 1 aliphatic rings. The first-order chi connectivity index (χ1) is 12.1. The molecule has 0 saturated carbocycles. The van der Waals surface area contributed by atoms with Gasteiger partial charge < -0.3 is 4.74 Å². The first-order valence-electron chi connectivity index (χ1n) is 9.22. The Bertz CT molecular complexity index is 676. The third-order valence-corrected chi connectivity index (χ3v) is 4.80. The van der Waals surface area contributed by atoms with E-state index in [1.807, 2.05) is 13.1 Å². The molecule has 1 fully saturated rings. The van der Waals surface area contributed by atoms with Gasteiger partial charge in [0.15, 0.2) is 0 Å². The number of rotatable bonds is 6. The maximum absolute atomic E-state index is 5.51. The highest BCUT2D eigenvalue weighted by molar-refractivity contribution is 5.27. The molecule has 0 amide bonds. The minimum Gasteiger partial charge on any atom is -0.494 e. The van der Waals surface area contributed by atoms with Crippen molar-refractivity contribution in [3.63, 3.8) is 0 Å². The number of pyridine rings is 1. The van der Waals surface area contributed by atoms with Crippen molar-refractivity contribution in [3.05, 3.63) is 58.9 Å². The number of piperazine rings is 1. The summed E-state index contributed by atoms with van der Waals surface area (Å²) in [5, 5.41) is 0. The molecule has 0 unspecified atom stereocenters. The Kier molecular flexibility index (Phi) is 6.05. The zero-order valence-electron chi connectivity index (χ0n) is 15.7. The Hall–Kier alpha value is -1.91. The molecule has 3 rings (SSSR count). The Morgan fingerprint density at radius 3 is 2.20 bits per heavy atom. The molecule has 25 heavy (non-hydrogen) atoms. The number of hydrogen-bond donors (Lipinski definition) is 0. The molecule has 1 aromatic carbocycles. The molecular formula is C21H29N3O. The maximum atomic E-state index is 5.51. The SMILES string of the molecule is CCOc1ccc(CN2CCN(Cc3ncc(C)cc3C)CC2)cc1. The van der Waals surface area contributed by atoms with E-state index in [1.165, 1.54) is 22.4 Å². The van der Waals surface area contributed by atoms with E-state index in [4.69, 9.17) is 4.74 Å². The fourth-order valence-electron chi connectivity index (χ4n) is 3.34. The number of ether oxygens (including phenoxy) is 1. The van der Waals surface area contributed by atoms with Crippen molar-refractivity contribution < 1.29 is 4.74 Å². The van der Waals surface area contributed by atoms with Gasteiger partial charge in [-0.2, -0.15) is 0 Å². The van der Waals surface area contributed by atoms with Crippen LogP contribution in [0.1, 0.15) is 29.3 Å². The molecule has 2 heterocycles. The fraction of sp³-hybridized carbons (Fsp3) is 0.476. The van der Waals surface area contributed by atoms with E-state index in [0.717, 1.165) is 51.6 Å². The molecule has 0 spiro atoms. The lowest BCUT2D eigenvalue weighted by Crippen LogP contribution is -2.45. The van der Waals surface area contributed by atoms with Gasteiger partial charge in [0.2, 0.25) is 0 Å². The van der Waals surface area contributed by atoms with Crippen molar-refractivity contribution in [2.24, 2.45) is 0 Å². The summed E-state index contributed by atoms with van der Waals surface area (Å²) in [4.78, 5) is 9.66. The summed E-state index contributed by atoms with van der Waals surface area (Å²) in [6.45, 7) is 13.4. The van der Waals surface area contributed by atoms with E-state index in [0.29, 0.717) is 0 Å². The number of aromatic nitrogens is 1. The van der Waals surface area contributed by atoms with Crippen LogP contribution in [0.4, 0.5) is 0 Å². The minimum atomic E-state index is 0.719. The van der Waals surface area contributed by atoms with Gasteiger partial charge in [0.1, 0.15) is 5.75 Å². The third-order valence-electron chi connectivity index (χ3n) is 4.80. The molecule has 1 saturated heterocycles.